The molecular formula is C45H80O3. The van der Waals surface area contributed by atoms with Crippen molar-refractivity contribution >= 4 is 5.97 Å². The molecule has 4 aliphatic carbocycles. The first-order valence-corrected chi connectivity index (χ1v) is 21.3. The maximum Gasteiger partial charge on any atom is 0.303 e. The van der Waals surface area contributed by atoms with Crippen LogP contribution in [-0.2, 0) is 4.79 Å². The molecule has 0 unspecified atom stereocenters. The molecule has 0 radical (unpaired) electrons. The van der Waals surface area contributed by atoms with Crippen molar-refractivity contribution in [2.24, 2.45) is 46.3 Å². The average molecular weight is 669 g/mol. The van der Waals surface area contributed by atoms with Crippen molar-refractivity contribution in [2.75, 3.05) is 0 Å². The molecule has 8 atom stereocenters. The lowest BCUT2D eigenvalue weighted by Gasteiger charge is -2.58. The van der Waals surface area contributed by atoms with Gasteiger partial charge in [-0.3, -0.25) is 4.79 Å². The molecule has 0 heterocycles. The zero-order chi connectivity index (χ0) is 35.0. The Kier molecular flexibility index (Phi) is 18.4. The zero-order valence-electron chi connectivity index (χ0n) is 32.8. The number of carboxylic acid groups (broad SMARTS) is 1. The van der Waals surface area contributed by atoms with E-state index in [-0.39, 0.29) is 6.10 Å². The topological polar surface area (TPSA) is 57.5 Å². The first kappa shape index (κ1) is 41.3. The fourth-order valence-electron chi connectivity index (χ4n) is 11.0. The number of carboxylic acids is 1. The van der Waals surface area contributed by atoms with E-state index in [0.717, 1.165) is 61.2 Å². The van der Waals surface area contributed by atoms with Crippen LogP contribution in [0.3, 0.4) is 0 Å². The van der Waals surface area contributed by atoms with E-state index < -0.39 is 5.97 Å². The first-order valence-electron chi connectivity index (χ1n) is 21.3. The van der Waals surface area contributed by atoms with Gasteiger partial charge in [0.15, 0.2) is 0 Å². The van der Waals surface area contributed by atoms with Crippen LogP contribution in [0.25, 0.3) is 0 Å². The van der Waals surface area contributed by atoms with Crippen molar-refractivity contribution in [3.8, 4) is 0 Å². The predicted octanol–water partition coefficient (Wildman–Crippen LogP) is 13.5. The Bertz CT molecular complexity index is 965. The minimum Gasteiger partial charge on any atom is -0.481 e. The van der Waals surface area contributed by atoms with Crippen molar-refractivity contribution < 1.29 is 15.0 Å². The Labute approximate surface area is 298 Å². The molecular weight excluding hydrogens is 588 g/mol. The van der Waals surface area contributed by atoms with Gasteiger partial charge < -0.3 is 10.2 Å². The highest BCUT2D eigenvalue weighted by Gasteiger charge is 2.59. The second-order valence-electron chi connectivity index (χ2n) is 17.9. The van der Waals surface area contributed by atoms with Crippen molar-refractivity contribution in [3.63, 3.8) is 0 Å². The number of carbonyl (C=O) groups is 1. The Morgan fingerprint density at radius 1 is 0.812 bits per heavy atom. The summed E-state index contributed by atoms with van der Waals surface area (Å²) in [6, 6.07) is 0. The summed E-state index contributed by atoms with van der Waals surface area (Å²) >= 11 is 0. The molecule has 3 fully saturated rings. The largest absolute Gasteiger partial charge is 0.481 e. The van der Waals surface area contributed by atoms with E-state index in [0.29, 0.717) is 17.3 Å². The molecule has 0 spiro atoms. The highest BCUT2D eigenvalue weighted by atomic mass is 16.4. The normalized spacial score (nSPS) is 31.8. The standard InChI is InChI=1S/C27H46O.C18H34O2/c1-18(2)7-6-8-19(3)23-11-12-24-22-10-9-20-17-21(28)13-15-26(20,4)25(22)14-16-27(23,24)5;1-2-3-4-5-6-7-8-9-10-11-12-13-14-15-16-17-18(19)20/h9,18-19,21-25,28H,6-8,10-17H2,1-5H3;9-10H,2-8,11-17H2,1H3,(H,19,20)/t19-,21+,22+,23-,24+,25+,26+,27-;/m1./s1. The van der Waals surface area contributed by atoms with Gasteiger partial charge in [0.05, 0.1) is 6.10 Å². The van der Waals surface area contributed by atoms with Crippen LogP contribution in [0.15, 0.2) is 23.8 Å². The molecule has 278 valence electrons. The van der Waals surface area contributed by atoms with Gasteiger partial charge in [-0.2, -0.15) is 0 Å². The van der Waals surface area contributed by atoms with Gasteiger partial charge in [0.2, 0.25) is 0 Å². The van der Waals surface area contributed by atoms with Gasteiger partial charge in [-0.05, 0) is 130 Å². The number of aliphatic carboxylic acids is 1. The molecule has 0 aromatic carbocycles. The monoisotopic (exact) mass is 669 g/mol. The number of unbranched alkanes of at least 4 members (excludes halogenated alkanes) is 11. The molecule has 4 rings (SSSR count). The van der Waals surface area contributed by atoms with E-state index >= 15 is 0 Å². The van der Waals surface area contributed by atoms with E-state index in [2.05, 4.69) is 59.8 Å². The lowest BCUT2D eigenvalue weighted by molar-refractivity contribution is -0.137. The maximum atomic E-state index is 10.3. The quantitative estimate of drug-likeness (QED) is 0.100. The molecule has 3 saturated carbocycles. The van der Waals surface area contributed by atoms with E-state index in [1.807, 2.05) is 0 Å². The summed E-state index contributed by atoms with van der Waals surface area (Å²) in [4.78, 5) is 10.3. The maximum absolute atomic E-state index is 10.3. The SMILES string of the molecule is CC(C)CCC[C@@H](C)[C@H]1CC[C@H]2[C@@H]3CC=C4C[C@@H](O)CC[C@]4(C)[C@H]3CC[C@]12C.CCCCCCCCC=CCCCCCCCC(=O)O. The van der Waals surface area contributed by atoms with Gasteiger partial charge in [0.1, 0.15) is 0 Å². The van der Waals surface area contributed by atoms with Crippen LogP contribution >= 0.6 is 0 Å². The summed E-state index contributed by atoms with van der Waals surface area (Å²) in [5.41, 5.74) is 2.60. The molecule has 3 nitrogen and oxygen atoms in total. The number of rotatable bonds is 20. The molecule has 0 aromatic rings. The third-order valence-corrected chi connectivity index (χ3v) is 13.9. The van der Waals surface area contributed by atoms with Crippen molar-refractivity contribution in [1.29, 1.82) is 0 Å². The Morgan fingerprint density at radius 3 is 2.10 bits per heavy atom. The Morgan fingerprint density at radius 2 is 1.46 bits per heavy atom. The summed E-state index contributed by atoms with van der Waals surface area (Å²) < 4.78 is 0. The minimum atomic E-state index is -0.664. The Hall–Kier alpha value is -1.09. The lowest BCUT2D eigenvalue weighted by atomic mass is 9.47. The third-order valence-electron chi connectivity index (χ3n) is 13.9. The Balaban J connectivity index is 0.000000279. The predicted molar refractivity (Wildman–Crippen MR) is 206 cm³/mol. The summed E-state index contributed by atoms with van der Waals surface area (Å²) in [6.07, 6.45) is 38.4. The van der Waals surface area contributed by atoms with Crippen LogP contribution in [0.4, 0.5) is 0 Å². The minimum absolute atomic E-state index is 0.0766. The molecule has 48 heavy (non-hydrogen) atoms. The van der Waals surface area contributed by atoms with E-state index in [1.54, 1.807) is 5.57 Å². The van der Waals surface area contributed by atoms with E-state index in [4.69, 9.17) is 5.11 Å². The lowest BCUT2D eigenvalue weighted by Crippen LogP contribution is -2.50. The smallest absolute Gasteiger partial charge is 0.303 e. The molecule has 0 bridgehead atoms. The fourth-order valence-corrected chi connectivity index (χ4v) is 11.0. The van der Waals surface area contributed by atoms with Gasteiger partial charge in [0.25, 0.3) is 0 Å². The van der Waals surface area contributed by atoms with E-state index in [9.17, 15) is 9.90 Å². The molecule has 0 aliphatic heterocycles. The van der Waals surface area contributed by atoms with Crippen LogP contribution in [0.2, 0.25) is 0 Å². The van der Waals surface area contributed by atoms with Crippen molar-refractivity contribution in [2.45, 2.75) is 208 Å². The van der Waals surface area contributed by atoms with Gasteiger partial charge in [-0.1, -0.05) is 136 Å². The summed E-state index contributed by atoms with van der Waals surface area (Å²) in [6.45, 7) is 14.8. The number of hydrogen-bond donors (Lipinski definition) is 2. The molecule has 2 N–H and O–H groups in total. The van der Waals surface area contributed by atoms with Crippen LogP contribution in [0.5, 0.6) is 0 Å². The highest BCUT2D eigenvalue weighted by molar-refractivity contribution is 5.66. The molecule has 4 aliphatic rings. The van der Waals surface area contributed by atoms with Crippen LogP contribution in [0, 0.1) is 46.3 Å². The van der Waals surface area contributed by atoms with E-state index in [1.165, 1.54) is 128 Å². The second kappa shape index (κ2) is 21.3. The van der Waals surface area contributed by atoms with Gasteiger partial charge in [0, 0.05) is 6.42 Å². The number of aliphatic hydroxyl groups excluding tert-OH is 1. The summed E-state index contributed by atoms with van der Waals surface area (Å²) in [5.74, 6) is 4.79. The third kappa shape index (κ3) is 12.3. The van der Waals surface area contributed by atoms with Gasteiger partial charge in [-0.25, -0.2) is 0 Å². The van der Waals surface area contributed by atoms with Crippen molar-refractivity contribution in [1.82, 2.24) is 0 Å². The zero-order valence-corrected chi connectivity index (χ0v) is 32.8. The first-order chi connectivity index (χ1) is 23.0. The van der Waals surface area contributed by atoms with Gasteiger partial charge >= 0.3 is 5.97 Å². The van der Waals surface area contributed by atoms with Crippen LogP contribution in [0.1, 0.15) is 202 Å². The molecule has 0 amide bonds. The fraction of sp³-hybridized carbons (Fsp3) is 0.889. The van der Waals surface area contributed by atoms with Crippen LogP contribution < -0.4 is 0 Å². The summed E-state index contributed by atoms with van der Waals surface area (Å²) in [5, 5.41) is 18.7. The number of allylic oxidation sites excluding steroid dienone is 3. The number of fused-ring (bicyclic) bond motifs is 5. The summed E-state index contributed by atoms with van der Waals surface area (Å²) in [7, 11) is 0. The molecule has 3 heteroatoms. The molecule has 0 aromatic heterocycles. The van der Waals surface area contributed by atoms with Crippen molar-refractivity contribution in [3.05, 3.63) is 23.8 Å². The highest BCUT2D eigenvalue weighted by Crippen LogP contribution is 2.67. The van der Waals surface area contributed by atoms with Crippen LogP contribution in [-0.4, -0.2) is 22.3 Å². The second-order valence-corrected chi connectivity index (χ2v) is 17.9. The average Bonchev–Trinajstić information content (AvgIpc) is 3.40. The molecule has 0 saturated heterocycles. The number of hydrogen-bond acceptors (Lipinski definition) is 2. The number of aliphatic hydroxyl groups is 1. The van der Waals surface area contributed by atoms with Gasteiger partial charge in [-0.15, -0.1) is 0 Å².